The first-order chi connectivity index (χ1) is 6.36. The molecule has 3 heterocycles. The van der Waals surface area contributed by atoms with E-state index in [0.717, 1.165) is 19.1 Å². The molecule has 1 aliphatic carbocycles. The standard InChI is InChI=1S/C10H18N2O/c11-10-7-4-9(10)12(5-7)8-2-1-3-13-6-8/h7-10H,1-6,11H2. The van der Waals surface area contributed by atoms with Gasteiger partial charge in [-0.3, -0.25) is 4.90 Å². The van der Waals surface area contributed by atoms with Crippen LogP contribution in [0.3, 0.4) is 0 Å². The van der Waals surface area contributed by atoms with Gasteiger partial charge in [0, 0.05) is 31.3 Å². The first-order valence-corrected chi connectivity index (χ1v) is 5.45. The third-order valence-electron chi connectivity index (χ3n) is 4.01. The molecule has 4 fully saturated rings. The average Bonchev–Trinajstić information content (AvgIpc) is 2.75. The van der Waals surface area contributed by atoms with Crippen molar-refractivity contribution >= 4 is 0 Å². The van der Waals surface area contributed by atoms with E-state index in [9.17, 15) is 0 Å². The van der Waals surface area contributed by atoms with Crippen LogP contribution in [-0.4, -0.2) is 42.8 Å². The van der Waals surface area contributed by atoms with Crippen LogP contribution in [0.25, 0.3) is 0 Å². The highest BCUT2D eigenvalue weighted by atomic mass is 16.5. The van der Waals surface area contributed by atoms with Gasteiger partial charge in [-0.2, -0.15) is 0 Å². The van der Waals surface area contributed by atoms with Crippen molar-refractivity contribution in [2.24, 2.45) is 11.7 Å². The molecule has 3 heteroatoms. The number of hydrogen-bond acceptors (Lipinski definition) is 3. The van der Waals surface area contributed by atoms with Gasteiger partial charge in [0.05, 0.1) is 6.61 Å². The molecule has 0 aromatic carbocycles. The van der Waals surface area contributed by atoms with E-state index in [1.807, 2.05) is 0 Å². The van der Waals surface area contributed by atoms with E-state index in [2.05, 4.69) is 4.90 Å². The lowest BCUT2D eigenvalue weighted by Crippen LogP contribution is -2.52. The van der Waals surface area contributed by atoms with Crippen LogP contribution in [0.1, 0.15) is 19.3 Å². The molecule has 3 saturated heterocycles. The highest BCUT2D eigenvalue weighted by Gasteiger charge is 2.51. The van der Waals surface area contributed by atoms with Crippen molar-refractivity contribution in [3.8, 4) is 0 Å². The van der Waals surface area contributed by atoms with Gasteiger partial charge < -0.3 is 10.5 Å². The SMILES string of the molecule is NC1C2CC1N(C1CCCOC1)C2. The molecule has 3 nitrogen and oxygen atoms in total. The molecule has 2 bridgehead atoms. The minimum Gasteiger partial charge on any atom is -0.380 e. The third kappa shape index (κ3) is 1.14. The van der Waals surface area contributed by atoms with Crippen LogP contribution in [0.2, 0.25) is 0 Å². The second-order valence-electron chi connectivity index (χ2n) is 4.71. The van der Waals surface area contributed by atoms with Gasteiger partial charge in [0.25, 0.3) is 0 Å². The summed E-state index contributed by atoms with van der Waals surface area (Å²) < 4.78 is 5.51. The Balaban J connectivity index is 1.66. The minimum atomic E-state index is 0.474. The van der Waals surface area contributed by atoms with Gasteiger partial charge in [-0.25, -0.2) is 0 Å². The zero-order valence-corrected chi connectivity index (χ0v) is 7.98. The predicted molar refractivity (Wildman–Crippen MR) is 50.4 cm³/mol. The maximum Gasteiger partial charge on any atom is 0.0621 e. The van der Waals surface area contributed by atoms with Gasteiger partial charge in [0.1, 0.15) is 0 Å². The summed E-state index contributed by atoms with van der Waals surface area (Å²) in [5, 5.41) is 0. The number of hydrogen-bond donors (Lipinski definition) is 1. The summed E-state index contributed by atoms with van der Waals surface area (Å²) >= 11 is 0. The molecule has 4 unspecified atom stereocenters. The minimum absolute atomic E-state index is 0.474. The van der Waals surface area contributed by atoms with Crippen molar-refractivity contribution in [3.05, 3.63) is 0 Å². The Morgan fingerprint density at radius 2 is 2.31 bits per heavy atom. The highest BCUT2D eigenvalue weighted by Crippen LogP contribution is 2.41. The van der Waals surface area contributed by atoms with Gasteiger partial charge in [0.15, 0.2) is 0 Å². The summed E-state index contributed by atoms with van der Waals surface area (Å²) in [5.41, 5.74) is 6.04. The van der Waals surface area contributed by atoms with E-state index in [-0.39, 0.29) is 0 Å². The molecule has 2 N–H and O–H groups in total. The van der Waals surface area contributed by atoms with Crippen molar-refractivity contribution in [1.82, 2.24) is 4.90 Å². The Hall–Kier alpha value is -0.120. The Morgan fingerprint density at radius 1 is 1.38 bits per heavy atom. The molecule has 0 radical (unpaired) electrons. The van der Waals surface area contributed by atoms with E-state index in [1.54, 1.807) is 0 Å². The van der Waals surface area contributed by atoms with Crippen molar-refractivity contribution in [1.29, 1.82) is 0 Å². The molecule has 4 aliphatic rings. The van der Waals surface area contributed by atoms with Crippen LogP contribution in [0.15, 0.2) is 0 Å². The summed E-state index contributed by atoms with van der Waals surface area (Å²) in [4.78, 5) is 2.61. The maximum absolute atomic E-state index is 6.04. The van der Waals surface area contributed by atoms with Crippen molar-refractivity contribution in [2.75, 3.05) is 19.8 Å². The number of nitrogens with zero attached hydrogens (tertiary/aromatic N) is 1. The molecule has 74 valence electrons. The van der Waals surface area contributed by atoms with Crippen LogP contribution in [0.4, 0.5) is 0 Å². The van der Waals surface area contributed by atoms with Gasteiger partial charge in [-0.15, -0.1) is 0 Å². The Kier molecular flexibility index (Phi) is 1.86. The van der Waals surface area contributed by atoms with Crippen molar-refractivity contribution in [2.45, 2.75) is 37.4 Å². The highest BCUT2D eigenvalue weighted by molar-refractivity contribution is 5.08. The number of rotatable bonds is 1. The van der Waals surface area contributed by atoms with Gasteiger partial charge in [-0.1, -0.05) is 0 Å². The topological polar surface area (TPSA) is 38.5 Å². The molecular formula is C10H18N2O. The lowest BCUT2D eigenvalue weighted by Gasteiger charge is -2.38. The first kappa shape index (κ1) is 8.21. The molecule has 1 saturated carbocycles. The monoisotopic (exact) mass is 182 g/mol. The molecule has 0 spiro atoms. The van der Waals surface area contributed by atoms with E-state index in [1.165, 1.54) is 25.8 Å². The Bertz CT molecular complexity index is 203. The molecular weight excluding hydrogens is 164 g/mol. The van der Waals surface area contributed by atoms with Crippen molar-refractivity contribution < 1.29 is 4.74 Å². The lowest BCUT2D eigenvalue weighted by atomic mass is 9.81. The normalized spacial score (nSPS) is 50.5. The fraction of sp³-hybridized carbons (Fsp3) is 1.00. The molecule has 4 atom stereocenters. The maximum atomic E-state index is 6.04. The second kappa shape index (κ2) is 2.94. The molecule has 13 heavy (non-hydrogen) atoms. The smallest absolute Gasteiger partial charge is 0.0621 e. The summed E-state index contributed by atoms with van der Waals surface area (Å²) in [6, 6.07) is 1.84. The summed E-state index contributed by atoms with van der Waals surface area (Å²) in [7, 11) is 0. The zero-order chi connectivity index (χ0) is 8.84. The van der Waals surface area contributed by atoms with Gasteiger partial charge >= 0.3 is 0 Å². The van der Waals surface area contributed by atoms with E-state index in [0.29, 0.717) is 18.1 Å². The molecule has 0 amide bonds. The molecule has 0 aromatic rings. The first-order valence-electron chi connectivity index (χ1n) is 5.45. The van der Waals surface area contributed by atoms with Gasteiger partial charge in [0.2, 0.25) is 0 Å². The van der Waals surface area contributed by atoms with E-state index < -0.39 is 0 Å². The van der Waals surface area contributed by atoms with Crippen LogP contribution >= 0.6 is 0 Å². The number of fused-ring (bicyclic) bond motifs is 1. The molecule has 4 rings (SSSR count). The largest absolute Gasteiger partial charge is 0.380 e. The quantitative estimate of drug-likeness (QED) is 0.629. The third-order valence-corrected chi connectivity index (χ3v) is 4.01. The zero-order valence-electron chi connectivity index (χ0n) is 7.98. The van der Waals surface area contributed by atoms with E-state index in [4.69, 9.17) is 10.5 Å². The Labute approximate surface area is 79.2 Å². The summed E-state index contributed by atoms with van der Waals surface area (Å²) in [6.45, 7) is 3.14. The summed E-state index contributed by atoms with van der Waals surface area (Å²) in [5.74, 6) is 0.798. The lowest BCUT2D eigenvalue weighted by molar-refractivity contribution is 0.0147. The summed E-state index contributed by atoms with van der Waals surface area (Å²) in [6.07, 6.45) is 3.89. The Morgan fingerprint density at radius 3 is 2.85 bits per heavy atom. The number of ether oxygens (including phenoxy) is 1. The van der Waals surface area contributed by atoms with Gasteiger partial charge in [-0.05, 0) is 25.2 Å². The molecule has 3 aliphatic heterocycles. The molecule has 0 aromatic heterocycles. The number of nitrogens with two attached hydrogens (primary N) is 1. The second-order valence-corrected chi connectivity index (χ2v) is 4.71. The van der Waals surface area contributed by atoms with Crippen LogP contribution in [0, 0.1) is 5.92 Å². The van der Waals surface area contributed by atoms with E-state index >= 15 is 0 Å². The fourth-order valence-electron chi connectivity index (χ4n) is 3.11. The van der Waals surface area contributed by atoms with Crippen LogP contribution in [-0.2, 0) is 4.74 Å². The fourth-order valence-corrected chi connectivity index (χ4v) is 3.11. The predicted octanol–water partition coefficient (Wildman–Crippen LogP) is 0.197. The average molecular weight is 182 g/mol. The van der Waals surface area contributed by atoms with Crippen LogP contribution < -0.4 is 5.73 Å². The van der Waals surface area contributed by atoms with Crippen LogP contribution in [0.5, 0.6) is 0 Å². The van der Waals surface area contributed by atoms with Crippen molar-refractivity contribution in [3.63, 3.8) is 0 Å².